The van der Waals surface area contributed by atoms with Gasteiger partial charge < -0.3 is 30.2 Å². The number of aliphatic imine (C=N–C) groups is 1. The van der Waals surface area contributed by atoms with E-state index in [0.717, 1.165) is 4.57 Å². The number of nitrogens with zero attached hydrogens (tertiary/aromatic N) is 3. The lowest BCUT2D eigenvalue weighted by Gasteiger charge is -2.38. The lowest BCUT2D eigenvalue weighted by Crippen LogP contribution is -2.55. The van der Waals surface area contributed by atoms with E-state index in [0.29, 0.717) is 0 Å². The van der Waals surface area contributed by atoms with Crippen molar-refractivity contribution in [3.63, 3.8) is 0 Å². The summed E-state index contributed by atoms with van der Waals surface area (Å²) in [5.41, 5.74) is -0.256. The molecule has 1 aliphatic heterocycles. The Hall–Kier alpha value is -2.63. The quantitative estimate of drug-likeness (QED) is 0.286. The molecule has 1 aliphatic rings. The fraction of sp³-hybridized carbons (Fsp3) is 0.700. The molecule has 0 bridgehead atoms. The summed E-state index contributed by atoms with van der Waals surface area (Å²) in [6, 6.07) is 1.33. The first-order valence-electron chi connectivity index (χ1n) is 10.0. The second kappa shape index (κ2) is 9.08. The molecule has 5 atom stereocenters. The molecule has 0 spiro atoms. The molecule has 0 radical (unpaired) electrons. The molecule has 1 saturated heterocycles. The molecule has 5 unspecified atom stereocenters. The molecule has 32 heavy (non-hydrogen) atoms. The van der Waals surface area contributed by atoms with Crippen LogP contribution in [0.5, 0.6) is 0 Å². The average molecular weight is 454 g/mol. The predicted octanol–water partition coefficient (Wildman–Crippen LogP) is -0.119. The number of esters is 1. The zero-order chi connectivity index (χ0) is 24.5. The molecule has 1 aromatic rings. The van der Waals surface area contributed by atoms with E-state index in [2.05, 4.69) is 9.98 Å². The average Bonchev–Trinajstić information content (AvgIpc) is 2.90. The van der Waals surface area contributed by atoms with Gasteiger partial charge in [-0.2, -0.15) is 9.98 Å². The number of hydrogen-bond donors (Lipinski definition) is 3. The van der Waals surface area contributed by atoms with Crippen LogP contribution in [0.1, 0.15) is 47.8 Å². The summed E-state index contributed by atoms with van der Waals surface area (Å²) in [5, 5.41) is 21.0. The van der Waals surface area contributed by atoms with E-state index in [9.17, 15) is 24.6 Å². The molecule has 1 aromatic heterocycles. The number of aromatic nitrogens is 2. The van der Waals surface area contributed by atoms with Crippen LogP contribution < -0.4 is 11.4 Å². The Labute approximate surface area is 185 Å². The molecule has 12 heteroatoms. The summed E-state index contributed by atoms with van der Waals surface area (Å²) in [7, 11) is 0. The van der Waals surface area contributed by atoms with Gasteiger partial charge in [0.1, 0.15) is 17.5 Å². The number of ether oxygens (including phenoxy) is 3. The van der Waals surface area contributed by atoms with Crippen molar-refractivity contribution in [2.24, 2.45) is 10.9 Å². The van der Waals surface area contributed by atoms with Crippen LogP contribution >= 0.6 is 0 Å². The topological polar surface area (TPSA) is 176 Å². The van der Waals surface area contributed by atoms with E-state index in [1.807, 2.05) is 0 Å². The molecule has 0 amide bonds. The highest BCUT2D eigenvalue weighted by molar-refractivity contribution is 5.81. The van der Waals surface area contributed by atoms with Crippen molar-refractivity contribution in [2.75, 3.05) is 12.3 Å². The zero-order valence-corrected chi connectivity index (χ0v) is 18.9. The number of carbonyl (C=O) groups is 1. The van der Waals surface area contributed by atoms with Crippen molar-refractivity contribution in [3.05, 3.63) is 22.7 Å². The van der Waals surface area contributed by atoms with Crippen LogP contribution in [0.15, 0.2) is 22.1 Å². The standard InChI is InChI=1S/C20H30N4O8/c1-11(2)20(22-10-26,32-18(3,4)5)16(27)31-14-12(9-25)30-15(19(14,6)29)24-8-7-13(21)23-17(24)28/h7-8,11-12,14-15,25,29H,9H2,1-6H3,(H2,21,23,28). The number of nitrogen functional groups attached to an aromatic ring is 1. The fourth-order valence-corrected chi connectivity index (χ4v) is 3.50. The highest BCUT2D eigenvalue weighted by atomic mass is 16.6. The largest absolute Gasteiger partial charge is 0.453 e. The van der Waals surface area contributed by atoms with E-state index in [1.54, 1.807) is 34.6 Å². The first-order chi connectivity index (χ1) is 14.7. The smallest absolute Gasteiger partial charge is 0.363 e. The van der Waals surface area contributed by atoms with E-state index in [-0.39, 0.29) is 5.82 Å². The van der Waals surface area contributed by atoms with Crippen molar-refractivity contribution in [1.29, 1.82) is 0 Å². The van der Waals surface area contributed by atoms with Crippen LogP contribution in [0.3, 0.4) is 0 Å². The van der Waals surface area contributed by atoms with Crippen LogP contribution in [0, 0.1) is 5.92 Å². The van der Waals surface area contributed by atoms with Gasteiger partial charge in [-0.25, -0.2) is 14.4 Å². The molecular formula is C20H30N4O8. The number of carbonyl (C=O) groups excluding carboxylic acids is 2. The number of rotatable bonds is 7. The Morgan fingerprint density at radius 1 is 1.47 bits per heavy atom. The van der Waals surface area contributed by atoms with Gasteiger partial charge in [0, 0.05) is 12.1 Å². The zero-order valence-electron chi connectivity index (χ0n) is 18.9. The van der Waals surface area contributed by atoms with Gasteiger partial charge in [0.2, 0.25) is 6.08 Å². The summed E-state index contributed by atoms with van der Waals surface area (Å²) in [6.45, 7) is 8.83. The molecule has 4 N–H and O–H groups in total. The molecule has 2 heterocycles. The van der Waals surface area contributed by atoms with Crippen molar-refractivity contribution in [3.8, 4) is 0 Å². The number of isocyanates is 1. The molecule has 12 nitrogen and oxygen atoms in total. The summed E-state index contributed by atoms with van der Waals surface area (Å²) in [4.78, 5) is 43.9. The van der Waals surface area contributed by atoms with Crippen LogP contribution in [0.2, 0.25) is 0 Å². The number of aliphatic hydroxyl groups excluding tert-OH is 1. The van der Waals surface area contributed by atoms with Crippen LogP contribution in [0.25, 0.3) is 0 Å². The van der Waals surface area contributed by atoms with Crippen molar-refractivity contribution < 1.29 is 34.0 Å². The van der Waals surface area contributed by atoms with Gasteiger partial charge in [-0.1, -0.05) is 13.8 Å². The third kappa shape index (κ3) is 4.89. The number of aliphatic hydroxyl groups is 2. The van der Waals surface area contributed by atoms with Gasteiger partial charge in [-0.05, 0) is 33.8 Å². The van der Waals surface area contributed by atoms with E-state index < -0.39 is 59.5 Å². The fourth-order valence-electron chi connectivity index (χ4n) is 3.50. The normalized spacial score (nSPS) is 27.6. The second-order valence-corrected chi connectivity index (χ2v) is 9.07. The Bertz CT molecular complexity index is 948. The maximum absolute atomic E-state index is 13.3. The molecule has 1 fully saturated rings. The van der Waals surface area contributed by atoms with Crippen molar-refractivity contribution >= 4 is 17.9 Å². The van der Waals surface area contributed by atoms with Gasteiger partial charge in [0.05, 0.1) is 12.2 Å². The predicted molar refractivity (Wildman–Crippen MR) is 111 cm³/mol. The molecule has 178 valence electrons. The van der Waals surface area contributed by atoms with Gasteiger partial charge >= 0.3 is 11.7 Å². The first kappa shape index (κ1) is 25.6. The number of nitrogens with two attached hydrogens (primary N) is 1. The first-order valence-corrected chi connectivity index (χ1v) is 10.0. The number of anilines is 1. The third-order valence-corrected chi connectivity index (χ3v) is 4.98. The highest BCUT2D eigenvalue weighted by Crippen LogP contribution is 2.41. The van der Waals surface area contributed by atoms with Crippen LogP contribution in [-0.4, -0.2) is 67.6 Å². The lowest BCUT2D eigenvalue weighted by atomic mass is 9.94. The monoisotopic (exact) mass is 454 g/mol. The summed E-state index contributed by atoms with van der Waals surface area (Å²) < 4.78 is 18.0. The Morgan fingerprint density at radius 3 is 2.56 bits per heavy atom. The summed E-state index contributed by atoms with van der Waals surface area (Å²) in [5.74, 6) is -1.77. The van der Waals surface area contributed by atoms with Crippen LogP contribution in [0.4, 0.5) is 5.82 Å². The van der Waals surface area contributed by atoms with E-state index >= 15 is 0 Å². The second-order valence-electron chi connectivity index (χ2n) is 9.07. The minimum atomic E-state index is -2.06. The molecule has 0 aliphatic carbocycles. The lowest BCUT2D eigenvalue weighted by molar-refractivity contribution is -0.212. The SMILES string of the molecule is CC(C)C(N=C=O)(OC(C)(C)C)C(=O)OC1C(CO)OC(n2ccc(N)nc2=O)C1(C)O. The van der Waals surface area contributed by atoms with Gasteiger partial charge in [0.15, 0.2) is 12.3 Å². The maximum atomic E-state index is 13.3. The number of hydrogen-bond acceptors (Lipinski definition) is 11. The van der Waals surface area contributed by atoms with E-state index in [4.69, 9.17) is 19.9 Å². The highest BCUT2D eigenvalue weighted by Gasteiger charge is 2.58. The Kier molecular flexibility index (Phi) is 7.28. The van der Waals surface area contributed by atoms with Crippen molar-refractivity contribution in [1.82, 2.24) is 9.55 Å². The molecule has 0 aromatic carbocycles. The van der Waals surface area contributed by atoms with Gasteiger partial charge in [0.25, 0.3) is 5.72 Å². The minimum absolute atomic E-state index is 0.0293. The Balaban J connectivity index is 2.47. The van der Waals surface area contributed by atoms with Gasteiger partial charge in [-0.15, -0.1) is 0 Å². The molecule has 2 rings (SSSR count). The van der Waals surface area contributed by atoms with Crippen LogP contribution in [-0.2, 0) is 23.8 Å². The van der Waals surface area contributed by atoms with Crippen molar-refractivity contribution in [2.45, 2.75) is 76.9 Å². The van der Waals surface area contributed by atoms with Gasteiger partial charge in [-0.3, -0.25) is 4.57 Å². The molecule has 0 saturated carbocycles. The van der Waals surface area contributed by atoms with E-state index in [1.165, 1.54) is 25.3 Å². The minimum Gasteiger partial charge on any atom is -0.453 e. The molecular weight excluding hydrogens is 424 g/mol. The summed E-state index contributed by atoms with van der Waals surface area (Å²) in [6.07, 6.45) is -1.39. The summed E-state index contributed by atoms with van der Waals surface area (Å²) >= 11 is 0. The maximum Gasteiger partial charge on any atom is 0.363 e. The Morgan fingerprint density at radius 2 is 2.09 bits per heavy atom. The third-order valence-electron chi connectivity index (χ3n) is 4.98.